The maximum atomic E-state index is 8.88. The molecular formula is C16H14BrClN2. The SMILES string of the molecule is CCC(Nc1ccc(C#N)cc1Br)c1cccc(Cl)c1. The van der Waals surface area contributed by atoms with Gasteiger partial charge < -0.3 is 5.32 Å². The van der Waals surface area contributed by atoms with E-state index in [0.717, 1.165) is 27.2 Å². The van der Waals surface area contributed by atoms with Crippen molar-refractivity contribution in [3.8, 4) is 6.07 Å². The second-order valence-electron chi connectivity index (χ2n) is 4.47. The first-order valence-electron chi connectivity index (χ1n) is 6.35. The Kier molecular flexibility index (Phi) is 5.05. The second kappa shape index (κ2) is 6.78. The summed E-state index contributed by atoms with van der Waals surface area (Å²) in [4.78, 5) is 0. The number of hydrogen-bond donors (Lipinski definition) is 1. The number of nitriles is 1. The van der Waals surface area contributed by atoms with Crippen molar-refractivity contribution in [2.75, 3.05) is 5.32 Å². The van der Waals surface area contributed by atoms with Crippen molar-refractivity contribution in [2.45, 2.75) is 19.4 Å². The molecule has 102 valence electrons. The van der Waals surface area contributed by atoms with Crippen LogP contribution in [0.25, 0.3) is 0 Å². The van der Waals surface area contributed by atoms with Gasteiger partial charge in [0.1, 0.15) is 0 Å². The molecule has 0 heterocycles. The Hall–Kier alpha value is -1.50. The molecule has 2 aromatic carbocycles. The average molecular weight is 350 g/mol. The van der Waals surface area contributed by atoms with Gasteiger partial charge in [0, 0.05) is 15.2 Å². The maximum absolute atomic E-state index is 8.88. The number of nitrogens with one attached hydrogen (secondary N) is 1. The van der Waals surface area contributed by atoms with Gasteiger partial charge in [-0.25, -0.2) is 0 Å². The summed E-state index contributed by atoms with van der Waals surface area (Å²) in [5.74, 6) is 0. The van der Waals surface area contributed by atoms with Gasteiger partial charge in [0.2, 0.25) is 0 Å². The Labute approximate surface area is 132 Å². The van der Waals surface area contributed by atoms with Crippen LogP contribution in [0.5, 0.6) is 0 Å². The molecule has 2 aromatic rings. The van der Waals surface area contributed by atoms with Crippen LogP contribution in [0.4, 0.5) is 5.69 Å². The summed E-state index contributed by atoms with van der Waals surface area (Å²) in [5.41, 5.74) is 2.75. The van der Waals surface area contributed by atoms with E-state index in [1.165, 1.54) is 0 Å². The number of halogens is 2. The number of anilines is 1. The largest absolute Gasteiger partial charge is 0.377 e. The van der Waals surface area contributed by atoms with E-state index < -0.39 is 0 Å². The fourth-order valence-electron chi connectivity index (χ4n) is 2.03. The first kappa shape index (κ1) is 14.9. The second-order valence-corrected chi connectivity index (χ2v) is 5.76. The van der Waals surface area contributed by atoms with Crippen LogP contribution in [0.3, 0.4) is 0 Å². The molecule has 4 heteroatoms. The standard InChI is InChI=1S/C16H14BrClN2/c1-2-15(12-4-3-5-13(18)9-12)20-16-7-6-11(10-19)8-14(16)17/h3-9,15,20H,2H2,1H3. The van der Waals surface area contributed by atoms with Crippen LogP contribution >= 0.6 is 27.5 Å². The summed E-state index contributed by atoms with van der Waals surface area (Å²) in [5, 5.41) is 13.1. The van der Waals surface area contributed by atoms with Gasteiger partial charge in [0.05, 0.1) is 17.7 Å². The monoisotopic (exact) mass is 348 g/mol. The van der Waals surface area contributed by atoms with Crippen molar-refractivity contribution in [1.82, 2.24) is 0 Å². The topological polar surface area (TPSA) is 35.8 Å². The highest BCUT2D eigenvalue weighted by Gasteiger charge is 2.11. The molecule has 1 N–H and O–H groups in total. The van der Waals surface area contributed by atoms with Crippen molar-refractivity contribution in [1.29, 1.82) is 5.26 Å². The lowest BCUT2D eigenvalue weighted by Gasteiger charge is -2.20. The summed E-state index contributed by atoms with van der Waals surface area (Å²) >= 11 is 9.54. The molecule has 0 bridgehead atoms. The number of hydrogen-bond acceptors (Lipinski definition) is 2. The molecule has 1 unspecified atom stereocenters. The Balaban J connectivity index is 2.25. The molecule has 0 aliphatic rings. The molecule has 0 spiro atoms. The van der Waals surface area contributed by atoms with Gasteiger partial charge in [-0.15, -0.1) is 0 Å². The van der Waals surface area contributed by atoms with Crippen LogP contribution < -0.4 is 5.32 Å². The number of nitrogens with zero attached hydrogens (tertiary/aromatic N) is 1. The third kappa shape index (κ3) is 3.53. The van der Waals surface area contributed by atoms with Crippen molar-refractivity contribution in [3.63, 3.8) is 0 Å². The van der Waals surface area contributed by atoms with E-state index >= 15 is 0 Å². The molecule has 0 saturated heterocycles. The average Bonchev–Trinajstić information content (AvgIpc) is 2.46. The van der Waals surface area contributed by atoms with Gasteiger partial charge in [-0.2, -0.15) is 5.26 Å². The Bertz CT molecular complexity index is 649. The molecule has 0 radical (unpaired) electrons. The molecule has 0 saturated carbocycles. The zero-order valence-corrected chi connectivity index (χ0v) is 13.4. The minimum absolute atomic E-state index is 0.179. The zero-order valence-electron chi connectivity index (χ0n) is 11.0. The lowest BCUT2D eigenvalue weighted by atomic mass is 10.0. The van der Waals surface area contributed by atoms with Gasteiger partial charge in [-0.1, -0.05) is 30.7 Å². The first-order chi connectivity index (χ1) is 9.63. The van der Waals surface area contributed by atoms with E-state index in [1.54, 1.807) is 6.07 Å². The van der Waals surface area contributed by atoms with E-state index in [1.807, 2.05) is 30.3 Å². The van der Waals surface area contributed by atoms with Crippen LogP contribution in [0.2, 0.25) is 5.02 Å². The summed E-state index contributed by atoms with van der Waals surface area (Å²) in [6, 6.07) is 15.7. The Morgan fingerprint density at radius 1 is 1.30 bits per heavy atom. The van der Waals surface area contributed by atoms with E-state index in [2.05, 4.69) is 40.3 Å². The molecule has 0 amide bonds. The van der Waals surface area contributed by atoms with E-state index in [4.69, 9.17) is 16.9 Å². The number of benzene rings is 2. The van der Waals surface area contributed by atoms with E-state index in [9.17, 15) is 0 Å². The normalized spacial score (nSPS) is 11.7. The van der Waals surface area contributed by atoms with Crippen molar-refractivity contribution in [3.05, 3.63) is 63.1 Å². The molecule has 2 nitrogen and oxygen atoms in total. The fraction of sp³-hybridized carbons (Fsp3) is 0.188. The predicted octanol–water partition coefficient (Wildman–Crippen LogP) is 5.54. The predicted molar refractivity (Wildman–Crippen MR) is 87.0 cm³/mol. The first-order valence-corrected chi connectivity index (χ1v) is 7.52. The highest BCUT2D eigenvalue weighted by molar-refractivity contribution is 9.10. The van der Waals surface area contributed by atoms with Gasteiger partial charge in [-0.05, 0) is 58.2 Å². The van der Waals surface area contributed by atoms with E-state index in [0.29, 0.717) is 5.56 Å². The van der Waals surface area contributed by atoms with Crippen molar-refractivity contribution >= 4 is 33.2 Å². The summed E-state index contributed by atoms with van der Waals surface area (Å²) in [6.07, 6.45) is 0.937. The van der Waals surface area contributed by atoms with Gasteiger partial charge in [0.25, 0.3) is 0 Å². The van der Waals surface area contributed by atoms with Crippen molar-refractivity contribution < 1.29 is 0 Å². The number of rotatable bonds is 4. The van der Waals surface area contributed by atoms with Gasteiger partial charge >= 0.3 is 0 Å². The van der Waals surface area contributed by atoms with Crippen LogP contribution in [-0.2, 0) is 0 Å². The van der Waals surface area contributed by atoms with Crippen molar-refractivity contribution in [2.24, 2.45) is 0 Å². The summed E-state index contributed by atoms with van der Waals surface area (Å²) < 4.78 is 0.886. The summed E-state index contributed by atoms with van der Waals surface area (Å²) in [7, 11) is 0. The third-order valence-corrected chi connectivity index (χ3v) is 3.98. The third-order valence-electron chi connectivity index (χ3n) is 3.09. The van der Waals surface area contributed by atoms with Crippen LogP contribution in [0.15, 0.2) is 46.9 Å². The van der Waals surface area contributed by atoms with E-state index in [-0.39, 0.29) is 6.04 Å². The highest BCUT2D eigenvalue weighted by Crippen LogP contribution is 2.29. The molecule has 0 aliphatic carbocycles. The maximum Gasteiger partial charge on any atom is 0.0992 e. The lowest BCUT2D eigenvalue weighted by molar-refractivity contribution is 0.749. The van der Waals surface area contributed by atoms with Crippen LogP contribution in [0, 0.1) is 11.3 Å². The highest BCUT2D eigenvalue weighted by atomic mass is 79.9. The molecule has 1 atom stereocenters. The minimum Gasteiger partial charge on any atom is -0.377 e. The molecule has 0 aliphatic heterocycles. The molecular weight excluding hydrogens is 336 g/mol. The van der Waals surface area contributed by atoms with Gasteiger partial charge in [0.15, 0.2) is 0 Å². The smallest absolute Gasteiger partial charge is 0.0992 e. The van der Waals surface area contributed by atoms with Crippen LogP contribution in [0.1, 0.15) is 30.5 Å². The quantitative estimate of drug-likeness (QED) is 0.787. The molecule has 2 rings (SSSR count). The molecule has 0 aromatic heterocycles. The molecule has 0 fully saturated rings. The van der Waals surface area contributed by atoms with Crippen LogP contribution in [-0.4, -0.2) is 0 Å². The fourth-order valence-corrected chi connectivity index (χ4v) is 2.73. The lowest BCUT2D eigenvalue weighted by Crippen LogP contribution is -2.10. The summed E-state index contributed by atoms with van der Waals surface area (Å²) in [6.45, 7) is 2.12. The minimum atomic E-state index is 0.179. The Morgan fingerprint density at radius 3 is 2.70 bits per heavy atom. The molecule has 20 heavy (non-hydrogen) atoms. The Morgan fingerprint density at radius 2 is 2.10 bits per heavy atom. The zero-order chi connectivity index (χ0) is 14.5. The van der Waals surface area contributed by atoms with Gasteiger partial charge in [-0.3, -0.25) is 0 Å².